The number of benzene rings is 1. The van der Waals surface area contributed by atoms with Gasteiger partial charge in [-0.25, -0.2) is 16.8 Å². The van der Waals surface area contributed by atoms with Crippen molar-refractivity contribution in [2.75, 3.05) is 21.3 Å². The molecule has 0 unspecified atom stereocenters. The fourth-order valence-electron chi connectivity index (χ4n) is 3.36. The number of nitrogens with one attached hydrogen (secondary N) is 1. The van der Waals surface area contributed by atoms with Gasteiger partial charge in [0, 0.05) is 12.2 Å². The minimum atomic E-state index is -3.37. The van der Waals surface area contributed by atoms with Crippen molar-refractivity contribution in [3.05, 3.63) is 23.8 Å². The molecular formula is C15H22N2O4S2. The molecule has 1 N–H and O–H groups in total. The van der Waals surface area contributed by atoms with Crippen molar-refractivity contribution in [3.63, 3.8) is 0 Å². The molecule has 0 aromatic heterocycles. The molecule has 1 heterocycles. The van der Waals surface area contributed by atoms with Gasteiger partial charge in [0.1, 0.15) is 0 Å². The van der Waals surface area contributed by atoms with Gasteiger partial charge < -0.3 is 0 Å². The summed E-state index contributed by atoms with van der Waals surface area (Å²) in [5, 5.41) is -0.318. The molecule has 23 heavy (non-hydrogen) atoms. The van der Waals surface area contributed by atoms with Crippen LogP contribution in [0.4, 0.5) is 11.4 Å². The molecular weight excluding hydrogens is 336 g/mol. The lowest BCUT2D eigenvalue weighted by Gasteiger charge is -2.20. The van der Waals surface area contributed by atoms with Gasteiger partial charge in [-0.05, 0) is 49.9 Å². The minimum absolute atomic E-state index is 0.169. The summed E-state index contributed by atoms with van der Waals surface area (Å²) in [5.41, 5.74) is 1.88. The lowest BCUT2D eigenvalue weighted by Crippen LogP contribution is -2.27. The van der Waals surface area contributed by atoms with Gasteiger partial charge in [0.25, 0.3) is 0 Å². The Morgan fingerprint density at radius 2 is 1.87 bits per heavy atom. The van der Waals surface area contributed by atoms with Gasteiger partial charge >= 0.3 is 0 Å². The Balaban J connectivity index is 1.82. The molecule has 1 saturated heterocycles. The second-order valence-electron chi connectivity index (χ2n) is 6.30. The van der Waals surface area contributed by atoms with Crippen LogP contribution in [0.15, 0.2) is 18.2 Å². The van der Waals surface area contributed by atoms with Gasteiger partial charge in [-0.3, -0.25) is 9.03 Å². The van der Waals surface area contributed by atoms with Crippen molar-refractivity contribution in [1.29, 1.82) is 0 Å². The highest BCUT2D eigenvalue weighted by Gasteiger charge is 2.31. The molecule has 1 saturated carbocycles. The van der Waals surface area contributed by atoms with E-state index in [0.717, 1.165) is 18.4 Å². The van der Waals surface area contributed by atoms with Crippen LogP contribution in [-0.2, 0) is 20.0 Å². The highest BCUT2D eigenvalue weighted by Crippen LogP contribution is 2.31. The number of hydrogen-bond acceptors (Lipinski definition) is 4. The molecule has 8 heteroatoms. The van der Waals surface area contributed by atoms with E-state index in [4.69, 9.17) is 0 Å². The minimum Gasteiger partial charge on any atom is -0.283 e. The van der Waals surface area contributed by atoms with E-state index in [1.54, 1.807) is 25.1 Å². The Morgan fingerprint density at radius 1 is 1.17 bits per heavy atom. The summed E-state index contributed by atoms with van der Waals surface area (Å²) < 4.78 is 52.8. The molecule has 1 aliphatic heterocycles. The average Bonchev–Trinajstić information content (AvgIpc) is 3.08. The quantitative estimate of drug-likeness (QED) is 0.894. The first-order chi connectivity index (χ1) is 10.8. The number of hydrogen-bond donors (Lipinski definition) is 1. The number of sulfonamides is 2. The highest BCUT2D eigenvalue weighted by atomic mass is 32.2. The third-order valence-electron chi connectivity index (χ3n) is 4.57. The summed E-state index contributed by atoms with van der Waals surface area (Å²) in [7, 11) is -6.60. The summed E-state index contributed by atoms with van der Waals surface area (Å²) >= 11 is 0. The Labute approximate surface area is 138 Å². The molecule has 1 aromatic rings. The number of aryl methyl sites for hydroxylation is 1. The van der Waals surface area contributed by atoms with Crippen LogP contribution in [0, 0.1) is 6.92 Å². The Hall–Kier alpha value is -1.28. The predicted octanol–water partition coefficient (Wildman–Crippen LogP) is 2.22. The third-order valence-corrected chi connectivity index (χ3v) is 8.29. The van der Waals surface area contributed by atoms with Crippen LogP contribution in [-0.4, -0.2) is 34.4 Å². The van der Waals surface area contributed by atoms with Crippen LogP contribution >= 0.6 is 0 Å². The van der Waals surface area contributed by atoms with Crippen molar-refractivity contribution < 1.29 is 16.8 Å². The van der Waals surface area contributed by atoms with E-state index in [-0.39, 0.29) is 11.0 Å². The lowest BCUT2D eigenvalue weighted by atomic mass is 10.2. The predicted molar refractivity (Wildman–Crippen MR) is 91.7 cm³/mol. The van der Waals surface area contributed by atoms with Crippen molar-refractivity contribution in [1.82, 2.24) is 0 Å². The molecule has 0 atom stereocenters. The number of anilines is 2. The molecule has 1 aliphatic carbocycles. The van der Waals surface area contributed by atoms with E-state index in [1.807, 2.05) is 0 Å². The topological polar surface area (TPSA) is 83.6 Å². The zero-order chi connectivity index (χ0) is 16.7. The fraction of sp³-hybridized carbons (Fsp3) is 0.600. The van der Waals surface area contributed by atoms with Crippen LogP contribution in [0.1, 0.15) is 37.7 Å². The monoisotopic (exact) mass is 358 g/mol. The normalized spacial score (nSPS) is 21.7. The number of nitrogens with zero attached hydrogens (tertiary/aromatic N) is 1. The molecule has 0 amide bonds. The molecule has 2 fully saturated rings. The smallest absolute Gasteiger partial charge is 0.235 e. The van der Waals surface area contributed by atoms with Crippen LogP contribution in [0.2, 0.25) is 0 Å². The summed E-state index contributed by atoms with van der Waals surface area (Å²) in [6.45, 7) is 2.28. The molecule has 0 bridgehead atoms. The molecule has 3 rings (SSSR count). The van der Waals surface area contributed by atoms with Crippen LogP contribution in [0.25, 0.3) is 0 Å². The van der Waals surface area contributed by atoms with E-state index in [2.05, 4.69) is 4.72 Å². The third kappa shape index (κ3) is 3.33. The van der Waals surface area contributed by atoms with Gasteiger partial charge in [-0.2, -0.15) is 0 Å². The molecule has 0 radical (unpaired) electrons. The summed E-state index contributed by atoms with van der Waals surface area (Å²) in [4.78, 5) is 0. The van der Waals surface area contributed by atoms with E-state index in [9.17, 15) is 16.8 Å². The Kier molecular flexibility index (Phi) is 4.31. The largest absolute Gasteiger partial charge is 0.283 e. The molecule has 2 aliphatic rings. The first-order valence-corrected chi connectivity index (χ1v) is 11.1. The average molecular weight is 358 g/mol. The van der Waals surface area contributed by atoms with Crippen LogP contribution in [0.5, 0.6) is 0 Å². The maximum Gasteiger partial charge on any atom is 0.235 e. The maximum absolute atomic E-state index is 12.3. The summed E-state index contributed by atoms with van der Waals surface area (Å²) in [6, 6.07) is 5.03. The van der Waals surface area contributed by atoms with Gasteiger partial charge in [-0.1, -0.05) is 12.8 Å². The van der Waals surface area contributed by atoms with Crippen molar-refractivity contribution in [2.24, 2.45) is 0 Å². The van der Waals surface area contributed by atoms with E-state index in [1.165, 1.54) is 4.31 Å². The second-order valence-corrected chi connectivity index (χ2v) is 10.3. The first kappa shape index (κ1) is 16.6. The van der Waals surface area contributed by atoms with Crippen LogP contribution in [0.3, 0.4) is 0 Å². The van der Waals surface area contributed by atoms with E-state index in [0.29, 0.717) is 37.2 Å². The zero-order valence-corrected chi connectivity index (χ0v) is 14.8. The van der Waals surface area contributed by atoms with Crippen molar-refractivity contribution in [3.8, 4) is 0 Å². The molecule has 1 aromatic carbocycles. The summed E-state index contributed by atoms with van der Waals surface area (Å²) in [5.74, 6) is 0.169. The SMILES string of the molecule is Cc1cc(NS(=O)(=O)C2CCCC2)ccc1N1CCCS1(=O)=O. The van der Waals surface area contributed by atoms with Gasteiger partial charge in [0.15, 0.2) is 0 Å². The van der Waals surface area contributed by atoms with Gasteiger partial charge in [0.2, 0.25) is 20.0 Å². The van der Waals surface area contributed by atoms with E-state index < -0.39 is 20.0 Å². The lowest BCUT2D eigenvalue weighted by molar-refractivity contribution is 0.585. The Morgan fingerprint density at radius 3 is 2.43 bits per heavy atom. The first-order valence-electron chi connectivity index (χ1n) is 7.92. The van der Waals surface area contributed by atoms with Crippen molar-refractivity contribution >= 4 is 31.4 Å². The molecule has 128 valence electrons. The summed E-state index contributed by atoms with van der Waals surface area (Å²) in [6.07, 6.45) is 3.95. The maximum atomic E-state index is 12.3. The van der Waals surface area contributed by atoms with Gasteiger partial charge in [-0.15, -0.1) is 0 Å². The van der Waals surface area contributed by atoms with Gasteiger partial charge in [0.05, 0.1) is 16.7 Å². The van der Waals surface area contributed by atoms with E-state index >= 15 is 0 Å². The highest BCUT2D eigenvalue weighted by molar-refractivity contribution is 7.93. The zero-order valence-electron chi connectivity index (χ0n) is 13.2. The Bertz CT molecular complexity index is 797. The molecule has 0 spiro atoms. The standard InChI is InChI=1S/C15H22N2O4S2/c1-12-11-13(16-23(20,21)14-5-2-3-6-14)7-8-15(12)17-9-4-10-22(17,18)19/h7-8,11,14,16H,2-6,9-10H2,1H3. The van der Waals surface area contributed by atoms with Crippen LogP contribution < -0.4 is 9.03 Å². The molecule has 6 nitrogen and oxygen atoms in total. The fourth-order valence-corrected chi connectivity index (χ4v) is 6.56. The number of rotatable bonds is 4. The second kappa shape index (κ2) is 5.98. The van der Waals surface area contributed by atoms with Crippen molar-refractivity contribution in [2.45, 2.75) is 44.3 Å².